The lowest BCUT2D eigenvalue weighted by molar-refractivity contribution is -0.122. The van der Waals surface area contributed by atoms with E-state index in [1.807, 2.05) is 18.2 Å². The number of hydrogen-bond donors (Lipinski definition) is 3. The molecule has 0 fully saturated rings. The SMILES string of the molecule is CC(=O)NCCCCCC(=O)NNC(=O)c1cc(-c2ccco2)nc2ccccc12. The molecule has 0 unspecified atom stereocenters. The van der Waals surface area contributed by atoms with Crippen molar-refractivity contribution in [2.45, 2.75) is 32.6 Å². The summed E-state index contributed by atoms with van der Waals surface area (Å²) < 4.78 is 5.40. The van der Waals surface area contributed by atoms with Gasteiger partial charge in [0.2, 0.25) is 11.8 Å². The molecule has 0 saturated carbocycles. The summed E-state index contributed by atoms with van der Waals surface area (Å²) in [5, 5.41) is 3.39. The molecule has 2 heterocycles. The number of pyridine rings is 1. The van der Waals surface area contributed by atoms with Crippen molar-refractivity contribution in [1.29, 1.82) is 0 Å². The molecule has 156 valence electrons. The van der Waals surface area contributed by atoms with E-state index in [-0.39, 0.29) is 18.2 Å². The van der Waals surface area contributed by atoms with Gasteiger partial charge in [-0.3, -0.25) is 25.2 Å². The fourth-order valence-corrected chi connectivity index (χ4v) is 3.02. The van der Waals surface area contributed by atoms with Gasteiger partial charge in [0.05, 0.1) is 17.3 Å². The van der Waals surface area contributed by atoms with E-state index in [2.05, 4.69) is 21.2 Å². The van der Waals surface area contributed by atoms with Crippen molar-refractivity contribution in [2.75, 3.05) is 6.54 Å². The number of unbranched alkanes of at least 4 members (excludes halogenated alkanes) is 2. The Hall–Kier alpha value is -3.68. The van der Waals surface area contributed by atoms with Gasteiger partial charge in [-0.05, 0) is 37.1 Å². The smallest absolute Gasteiger partial charge is 0.270 e. The van der Waals surface area contributed by atoms with Gasteiger partial charge in [-0.1, -0.05) is 24.6 Å². The van der Waals surface area contributed by atoms with E-state index in [4.69, 9.17) is 4.42 Å². The minimum absolute atomic E-state index is 0.0608. The Bertz CT molecular complexity index is 1030. The summed E-state index contributed by atoms with van der Waals surface area (Å²) in [6.07, 6.45) is 4.11. The van der Waals surface area contributed by atoms with Crippen molar-refractivity contribution < 1.29 is 18.8 Å². The summed E-state index contributed by atoms with van der Waals surface area (Å²) in [7, 11) is 0. The number of furan rings is 1. The molecular formula is C22H24N4O4. The minimum atomic E-state index is -0.430. The van der Waals surface area contributed by atoms with Crippen LogP contribution >= 0.6 is 0 Å². The van der Waals surface area contributed by atoms with Crippen molar-refractivity contribution in [2.24, 2.45) is 0 Å². The molecule has 0 atom stereocenters. The monoisotopic (exact) mass is 408 g/mol. The molecule has 0 aliphatic carbocycles. The first-order valence-electron chi connectivity index (χ1n) is 9.82. The lowest BCUT2D eigenvalue weighted by Crippen LogP contribution is -2.41. The molecule has 0 spiro atoms. The molecule has 0 saturated heterocycles. The standard InChI is InChI=1S/C22H24N4O4/c1-15(27)23-12-6-2-3-11-21(28)25-26-22(29)17-14-19(20-10-7-13-30-20)24-18-9-5-4-8-16(17)18/h4-5,7-10,13-14H,2-3,6,11-12H2,1H3,(H,23,27)(H,25,28)(H,26,29). The van der Waals surface area contributed by atoms with Crippen molar-refractivity contribution in [3.8, 4) is 11.5 Å². The summed E-state index contributed by atoms with van der Waals surface area (Å²) in [6, 6.07) is 12.5. The van der Waals surface area contributed by atoms with Crippen LogP contribution in [0, 0.1) is 0 Å². The molecule has 3 amide bonds. The highest BCUT2D eigenvalue weighted by molar-refractivity contribution is 6.07. The van der Waals surface area contributed by atoms with Crippen LogP contribution in [0.25, 0.3) is 22.4 Å². The second-order valence-corrected chi connectivity index (χ2v) is 6.85. The molecule has 3 rings (SSSR count). The van der Waals surface area contributed by atoms with Gasteiger partial charge in [0.1, 0.15) is 5.69 Å². The summed E-state index contributed by atoms with van der Waals surface area (Å²) in [5.74, 6) is -0.208. The summed E-state index contributed by atoms with van der Waals surface area (Å²) in [6.45, 7) is 2.07. The zero-order valence-electron chi connectivity index (χ0n) is 16.7. The van der Waals surface area contributed by atoms with Crippen LogP contribution in [0.15, 0.2) is 53.1 Å². The van der Waals surface area contributed by atoms with Crippen molar-refractivity contribution in [3.63, 3.8) is 0 Å². The van der Waals surface area contributed by atoms with Gasteiger partial charge in [0.25, 0.3) is 5.91 Å². The van der Waals surface area contributed by atoms with E-state index in [0.717, 1.165) is 12.8 Å². The van der Waals surface area contributed by atoms with Crippen LogP contribution in [-0.2, 0) is 9.59 Å². The normalized spacial score (nSPS) is 10.6. The number of hydrazine groups is 1. The maximum Gasteiger partial charge on any atom is 0.270 e. The Morgan fingerprint density at radius 1 is 1.00 bits per heavy atom. The summed E-state index contributed by atoms with van der Waals surface area (Å²) in [4.78, 5) is 40.1. The highest BCUT2D eigenvalue weighted by Gasteiger charge is 2.15. The quantitative estimate of drug-likeness (QED) is 0.392. The fraction of sp³-hybridized carbons (Fsp3) is 0.273. The van der Waals surface area contributed by atoms with Gasteiger partial charge in [-0.2, -0.15) is 0 Å². The highest BCUT2D eigenvalue weighted by atomic mass is 16.3. The van der Waals surface area contributed by atoms with E-state index in [1.165, 1.54) is 6.92 Å². The molecule has 3 N–H and O–H groups in total. The lowest BCUT2D eigenvalue weighted by Gasteiger charge is -2.11. The number of carbonyl (C=O) groups excluding carboxylic acids is 3. The zero-order chi connectivity index (χ0) is 21.3. The number of para-hydroxylation sites is 1. The van der Waals surface area contributed by atoms with Gasteiger partial charge in [0, 0.05) is 25.3 Å². The fourth-order valence-electron chi connectivity index (χ4n) is 3.02. The number of rotatable bonds is 8. The molecule has 0 bridgehead atoms. The number of amides is 3. The molecule has 0 aliphatic rings. The number of fused-ring (bicyclic) bond motifs is 1. The van der Waals surface area contributed by atoms with Crippen LogP contribution in [-0.4, -0.2) is 29.3 Å². The third-order valence-electron chi connectivity index (χ3n) is 4.50. The predicted octanol–water partition coefficient (Wildman–Crippen LogP) is 2.95. The summed E-state index contributed by atoms with van der Waals surface area (Å²) >= 11 is 0. The maximum atomic E-state index is 12.7. The van der Waals surface area contributed by atoms with Crippen LogP contribution in [0.1, 0.15) is 43.0 Å². The van der Waals surface area contributed by atoms with Crippen LogP contribution < -0.4 is 16.2 Å². The zero-order valence-corrected chi connectivity index (χ0v) is 16.7. The first-order valence-corrected chi connectivity index (χ1v) is 9.82. The van der Waals surface area contributed by atoms with Crippen molar-refractivity contribution >= 4 is 28.6 Å². The first-order chi connectivity index (χ1) is 14.5. The predicted molar refractivity (Wildman–Crippen MR) is 112 cm³/mol. The Morgan fingerprint density at radius 3 is 2.60 bits per heavy atom. The average molecular weight is 408 g/mol. The largest absolute Gasteiger partial charge is 0.463 e. The van der Waals surface area contributed by atoms with Gasteiger partial charge in [0.15, 0.2) is 5.76 Å². The Balaban J connectivity index is 1.58. The number of hydrogen-bond acceptors (Lipinski definition) is 5. The highest BCUT2D eigenvalue weighted by Crippen LogP contribution is 2.25. The number of carbonyl (C=O) groups is 3. The second kappa shape index (κ2) is 10.2. The maximum absolute atomic E-state index is 12.7. The van der Waals surface area contributed by atoms with Gasteiger partial charge in [-0.15, -0.1) is 0 Å². The van der Waals surface area contributed by atoms with Gasteiger partial charge >= 0.3 is 0 Å². The van der Waals surface area contributed by atoms with E-state index in [1.54, 1.807) is 30.5 Å². The number of benzene rings is 1. The summed E-state index contributed by atoms with van der Waals surface area (Å²) in [5.41, 5.74) is 6.52. The number of nitrogens with zero attached hydrogens (tertiary/aromatic N) is 1. The molecule has 8 nitrogen and oxygen atoms in total. The third kappa shape index (κ3) is 5.66. The number of aromatic nitrogens is 1. The van der Waals surface area contributed by atoms with E-state index >= 15 is 0 Å². The van der Waals surface area contributed by atoms with Crippen LogP contribution in [0.3, 0.4) is 0 Å². The molecule has 2 aromatic heterocycles. The number of nitrogens with one attached hydrogen (secondary N) is 3. The molecule has 0 radical (unpaired) electrons. The molecular weight excluding hydrogens is 384 g/mol. The Morgan fingerprint density at radius 2 is 1.83 bits per heavy atom. The topological polar surface area (TPSA) is 113 Å². The average Bonchev–Trinajstić information content (AvgIpc) is 3.28. The van der Waals surface area contributed by atoms with E-state index < -0.39 is 5.91 Å². The van der Waals surface area contributed by atoms with Gasteiger partial charge < -0.3 is 9.73 Å². The van der Waals surface area contributed by atoms with Crippen molar-refractivity contribution in [1.82, 2.24) is 21.2 Å². The molecule has 1 aromatic carbocycles. The van der Waals surface area contributed by atoms with Gasteiger partial charge in [-0.25, -0.2) is 4.98 Å². The second-order valence-electron chi connectivity index (χ2n) is 6.85. The van der Waals surface area contributed by atoms with E-state index in [9.17, 15) is 14.4 Å². The first kappa shape index (κ1) is 21.0. The van der Waals surface area contributed by atoms with Crippen LogP contribution in [0.2, 0.25) is 0 Å². The van der Waals surface area contributed by atoms with Crippen LogP contribution in [0.5, 0.6) is 0 Å². The molecule has 0 aliphatic heterocycles. The molecule has 30 heavy (non-hydrogen) atoms. The Labute approximate surface area is 174 Å². The Kier molecular flexibility index (Phi) is 7.15. The van der Waals surface area contributed by atoms with E-state index in [0.29, 0.717) is 40.9 Å². The van der Waals surface area contributed by atoms with Crippen molar-refractivity contribution in [3.05, 3.63) is 54.3 Å². The minimum Gasteiger partial charge on any atom is -0.463 e. The lowest BCUT2D eigenvalue weighted by atomic mass is 10.1. The molecule has 3 aromatic rings. The third-order valence-corrected chi connectivity index (χ3v) is 4.50. The van der Waals surface area contributed by atoms with Crippen LogP contribution in [0.4, 0.5) is 0 Å². The molecule has 8 heteroatoms.